The molecule has 2 saturated carbocycles. The van der Waals surface area contributed by atoms with E-state index in [0.717, 1.165) is 30.6 Å². The van der Waals surface area contributed by atoms with Crippen LogP contribution in [0.4, 0.5) is 5.82 Å². The zero-order valence-corrected chi connectivity index (χ0v) is 13.8. The van der Waals surface area contributed by atoms with E-state index in [2.05, 4.69) is 35.5 Å². The normalized spacial score (nSPS) is 21.2. The Morgan fingerprint density at radius 3 is 2.52 bits per heavy atom. The molecule has 4 heteroatoms. The third kappa shape index (κ3) is 2.90. The number of nitrogens with one attached hydrogen (secondary N) is 1. The number of hydrogen-bond acceptors (Lipinski definition) is 3. The number of carbonyl (C=O) groups is 1. The molecule has 2 fully saturated rings. The summed E-state index contributed by atoms with van der Waals surface area (Å²) < 4.78 is 0. The van der Waals surface area contributed by atoms with Gasteiger partial charge in [-0.1, -0.05) is 31.2 Å². The van der Waals surface area contributed by atoms with Crippen molar-refractivity contribution >= 4 is 11.8 Å². The molecule has 1 aromatic rings. The summed E-state index contributed by atoms with van der Waals surface area (Å²) in [7, 11) is 0. The van der Waals surface area contributed by atoms with Gasteiger partial charge in [0.15, 0.2) is 0 Å². The Labute approximate surface area is 137 Å². The van der Waals surface area contributed by atoms with E-state index < -0.39 is 11.4 Å². The van der Waals surface area contributed by atoms with Gasteiger partial charge in [0, 0.05) is 6.20 Å². The summed E-state index contributed by atoms with van der Waals surface area (Å²) in [5, 5.41) is 12.9. The fourth-order valence-corrected chi connectivity index (χ4v) is 3.18. The van der Waals surface area contributed by atoms with Crippen molar-refractivity contribution in [2.75, 3.05) is 5.32 Å². The van der Waals surface area contributed by atoms with E-state index in [-0.39, 0.29) is 5.54 Å². The van der Waals surface area contributed by atoms with Crippen LogP contribution < -0.4 is 5.32 Å². The first kappa shape index (κ1) is 15.8. The monoisotopic (exact) mass is 312 g/mol. The minimum absolute atomic E-state index is 0.00109. The van der Waals surface area contributed by atoms with Crippen LogP contribution in [0.25, 0.3) is 0 Å². The van der Waals surface area contributed by atoms with Gasteiger partial charge in [-0.15, -0.1) is 0 Å². The number of hydrogen-bond donors (Lipinski definition) is 2. The molecule has 2 aliphatic rings. The van der Waals surface area contributed by atoms with E-state index in [1.54, 1.807) is 6.20 Å². The minimum Gasteiger partial charge on any atom is -0.481 e. The van der Waals surface area contributed by atoms with Gasteiger partial charge in [0.25, 0.3) is 0 Å². The number of rotatable bonds is 7. The first-order valence-electron chi connectivity index (χ1n) is 8.38. The predicted molar refractivity (Wildman–Crippen MR) is 91.6 cm³/mol. The van der Waals surface area contributed by atoms with E-state index in [4.69, 9.17) is 0 Å². The van der Waals surface area contributed by atoms with Gasteiger partial charge >= 0.3 is 5.97 Å². The van der Waals surface area contributed by atoms with Crippen LogP contribution in [0.15, 0.2) is 42.1 Å². The van der Waals surface area contributed by atoms with Gasteiger partial charge in [-0.25, -0.2) is 4.98 Å². The van der Waals surface area contributed by atoms with Gasteiger partial charge in [0.1, 0.15) is 5.82 Å². The number of carboxylic acid groups (broad SMARTS) is 1. The highest BCUT2D eigenvalue weighted by molar-refractivity contribution is 5.84. The third-order valence-electron chi connectivity index (χ3n) is 4.92. The number of allylic oxidation sites excluding steroid dienone is 2. The number of anilines is 1. The van der Waals surface area contributed by atoms with E-state index in [1.165, 1.54) is 5.57 Å². The predicted octanol–water partition coefficient (Wildman–Crippen LogP) is 4.05. The average Bonchev–Trinajstić information content (AvgIpc) is 3.43. The second-order valence-electron chi connectivity index (χ2n) is 6.59. The first-order valence-corrected chi connectivity index (χ1v) is 8.38. The Bertz CT molecular complexity index is 650. The number of aromatic nitrogens is 1. The summed E-state index contributed by atoms with van der Waals surface area (Å²) in [6.45, 7) is 4.18. The van der Waals surface area contributed by atoms with Crippen LogP contribution in [-0.2, 0) is 10.2 Å². The molecule has 0 radical (unpaired) electrons. The lowest BCUT2D eigenvalue weighted by molar-refractivity contribution is -0.140. The van der Waals surface area contributed by atoms with Crippen molar-refractivity contribution < 1.29 is 9.90 Å². The Hall–Kier alpha value is -2.10. The van der Waals surface area contributed by atoms with Crippen LogP contribution in [0.1, 0.15) is 51.5 Å². The fourth-order valence-electron chi connectivity index (χ4n) is 3.18. The van der Waals surface area contributed by atoms with Crippen molar-refractivity contribution in [2.24, 2.45) is 0 Å². The zero-order chi connectivity index (χ0) is 16.5. The summed E-state index contributed by atoms with van der Waals surface area (Å²) in [6.07, 6.45) is 12.9. The van der Waals surface area contributed by atoms with Crippen LogP contribution in [0, 0.1) is 0 Å². The summed E-state index contributed by atoms with van der Waals surface area (Å²) >= 11 is 0. The molecular formula is C19H24N2O2. The number of pyridine rings is 1. The molecule has 0 saturated heterocycles. The van der Waals surface area contributed by atoms with Crippen molar-refractivity contribution in [3.8, 4) is 0 Å². The lowest BCUT2D eigenvalue weighted by Gasteiger charge is -2.20. The zero-order valence-electron chi connectivity index (χ0n) is 13.8. The van der Waals surface area contributed by atoms with Crippen molar-refractivity contribution in [2.45, 2.75) is 56.9 Å². The minimum atomic E-state index is -0.736. The van der Waals surface area contributed by atoms with E-state index >= 15 is 0 Å². The maximum atomic E-state index is 11.4. The molecule has 0 atom stereocenters. The maximum Gasteiger partial charge on any atom is 0.314 e. The Balaban J connectivity index is 1.76. The second kappa shape index (κ2) is 5.84. The van der Waals surface area contributed by atoms with Gasteiger partial charge in [-0.05, 0) is 56.2 Å². The highest BCUT2D eigenvalue weighted by Gasteiger charge is 2.52. The van der Waals surface area contributed by atoms with Gasteiger partial charge < -0.3 is 10.4 Å². The molecule has 0 spiro atoms. The smallest absolute Gasteiger partial charge is 0.314 e. The van der Waals surface area contributed by atoms with E-state index in [1.807, 2.05) is 19.1 Å². The van der Waals surface area contributed by atoms with Crippen molar-refractivity contribution in [3.63, 3.8) is 0 Å². The molecule has 2 N–H and O–H groups in total. The number of nitrogens with zero attached hydrogens (tertiary/aromatic N) is 1. The first-order chi connectivity index (χ1) is 11.1. The molecular weight excluding hydrogens is 288 g/mol. The van der Waals surface area contributed by atoms with Crippen LogP contribution in [-0.4, -0.2) is 21.6 Å². The molecule has 1 aromatic heterocycles. The lowest BCUT2D eigenvalue weighted by atomic mass is 9.98. The van der Waals surface area contributed by atoms with Crippen molar-refractivity contribution in [1.29, 1.82) is 0 Å². The molecule has 0 unspecified atom stereocenters. The highest BCUT2D eigenvalue weighted by Crippen LogP contribution is 2.49. The summed E-state index contributed by atoms with van der Waals surface area (Å²) in [4.78, 5) is 15.9. The topological polar surface area (TPSA) is 62.2 Å². The Morgan fingerprint density at radius 2 is 2.09 bits per heavy atom. The number of aliphatic carboxylic acids is 1. The second-order valence-corrected chi connectivity index (χ2v) is 6.59. The molecule has 0 amide bonds. The molecule has 0 aliphatic heterocycles. The largest absolute Gasteiger partial charge is 0.481 e. The molecule has 2 aliphatic carbocycles. The Morgan fingerprint density at radius 1 is 1.35 bits per heavy atom. The standard InChI is InChI=1S/C19H24N2O2/c1-3-5-14(6-4-2)19(11-12-19)21-16-8-7-15(13-20-16)18(9-10-18)17(22)23/h3,5-8,13H,4,9-12H2,1-2H3,(H,20,21)(H,22,23)/b5-3-,14-6+. The van der Waals surface area contributed by atoms with Crippen LogP contribution in [0.2, 0.25) is 0 Å². The third-order valence-corrected chi connectivity index (χ3v) is 4.92. The van der Waals surface area contributed by atoms with Crippen molar-refractivity contribution in [1.82, 2.24) is 4.98 Å². The maximum absolute atomic E-state index is 11.4. The van der Waals surface area contributed by atoms with Gasteiger partial charge in [0.05, 0.1) is 11.0 Å². The molecule has 0 bridgehead atoms. The highest BCUT2D eigenvalue weighted by atomic mass is 16.4. The van der Waals surface area contributed by atoms with Crippen LogP contribution in [0.5, 0.6) is 0 Å². The summed E-state index contributed by atoms with van der Waals surface area (Å²) in [5.74, 6) is 0.0823. The molecule has 4 nitrogen and oxygen atoms in total. The summed E-state index contributed by atoms with van der Waals surface area (Å²) in [6, 6.07) is 3.82. The molecule has 122 valence electrons. The average molecular weight is 312 g/mol. The van der Waals surface area contributed by atoms with Crippen LogP contribution in [0.3, 0.4) is 0 Å². The van der Waals surface area contributed by atoms with Gasteiger partial charge in [0.2, 0.25) is 0 Å². The molecule has 1 heterocycles. The Kier molecular flexibility index (Phi) is 4.00. The molecule has 3 rings (SSSR count). The lowest BCUT2D eigenvalue weighted by Crippen LogP contribution is -2.24. The van der Waals surface area contributed by atoms with Crippen LogP contribution >= 0.6 is 0 Å². The molecule has 0 aromatic carbocycles. The fraction of sp³-hybridized carbons (Fsp3) is 0.474. The van der Waals surface area contributed by atoms with Gasteiger partial charge in [-0.2, -0.15) is 0 Å². The van der Waals surface area contributed by atoms with Crippen molar-refractivity contribution in [3.05, 3.63) is 47.7 Å². The van der Waals surface area contributed by atoms with Gasteiger partial charge in [-0.3, -0.25) is 4.79 Å². The van der Waals surface area contributed by atoms with E-state index in [9.17, 15) is 9.90 Å². The van der Waals surface area contributed by atoms with E-state index in [0.29, 0.717) is 12.8 Å². The number of carboxylic acids is 1. The SMILES string of the molecule is C/C=C\C(=C/CC)C1(Nc2ccc(C3(C(=O)O)CC3)cn2)CC1. The quantitative estimate of drug-likeness (QED) is 0.745. The summed E-state index contributed by atoms with van der Waals surface area (Å²) in [5.41, 5.74) is 1.46. The molecule has 23 heavy (non-hydrogen) atoms.